The molecule has 0 aromatic heterocycles. The molecule has 1 aliphatic carbocycles. The minimum absolute atomic E-state index is 0.159. The second kappa shape index (κ2) is 6.72. The zero-order valence-corrected chi connectivity index (χ0v) is 13.2. The van der Waals surface area contributed by atoms with Gasteiger partial charge in [-0.1, -0.05) is 50.3 Å². The van der Waals surface area contributed by atoms with Crippen LogP contribution in [0.5, 0.6) is 0 Å². The zero-order valence-electron chi connectivity index (χ0n) is 12.3. The average molecular weight is 296 g/mol. The number of aryl methyl sites for hydroxylation is 1. The van der Waals surface area contributed by atoms with Crippen LogP contribution in [0.1, 0.15) is 51.0 Å². The van der Waals surface area contributed by atoms with Gasteiger partial charge in [-0.05, 0) is 37.8 Å². The maximum absolute atomic E-state index is 12.3. The molecule has 1 aromatic rings. The van der Waals surface area contributed by atoms with E-state index in [2.05, 4.69) is 6.92 Å². The van der Waals surface area contributed by atoms with E-state index < -0.39 is 10.1 Å². The summed E-state index contributed by atoms with van der Waals surface area (Å²) < 4.78 is 30.0. The van der Waals surface area contributed by atoms with Crippen LogP contribution in [-0.4, -0.2) is 14.5 Å². The van der Waals surface area contributed by atoms with Crippen molar-refractivity contribution in [1.82, 2.24) is 0 Å². The van der Waals surface area contributed by atoms with Gasteiger partial charge in [0.25, 0.3) is 10.1 Å². The van der Waals surface area contributed by atoms with Crippen LogP contribution in [0, 0.1) is 12.8 Å². The molecule has 1 aromatic carbocycles. The van der Waals surface area contributed by atoms with Crippen molar-refractivity contribution in [3.8, 4) is 0 Å². The van der Waals surface area contributed by atoms with E-state index in [-0.39, 0.29) is 11.0 Å². The van der Waals surface area contributed by atoms with Crippen LogP contribution < -0.4 is 0 Å². The summed E-state index contributed by atoms with van der Waals surface area (Å²) in [6.07, 6.45) is 5.97. The molecule has 4 heteroatoms. The van der Waals surface area contributed by atoms with Gasteiger partial charge in [0.1, 0.15) is 0 Å². The largest absolute Gasteiger partial charge is 0.297 e. The topological polar surface area (TPSA) is 43.4 Å². The Kier molecular flexibility index (Phi) is 5.22. The molecule has 0 amide bonds. The van der Waals surface area contributed by atoms with Gasteiger partial charge in [-0.25, -0.2) is 0 Å². The van der Waals surface area contributed by atoms with Crippen LogP contribution in [0.15, 0.2) is 29.2 Å². The first-order chi connectivity index (χ1) is 9.47. The van der Waals surface area contributed by atoms with Crippen molar-refractivity contribution < 1.29 is 12.6 Å². The lowest BCUT2D eigenvalue weighted by Gasteiger charge is -2.22. The Balaban J connectivity index is 2.02. The lowest BCUT2D eigenvalue weighted by atomic mass is 9.91. The molecule has 20 heavy (non-hydrogen) atoms. The Hall–Kier alpha value is -0.870. The Labute approximate surface area is 122 Å². The number of hydrogen-bond acceptors (Lipinski definition) is 3. The van der Waals surface area contributed by atoms with Gasteiger partial charge in [0.05, 0.1) is 11.0 Å². The van der Waals surface area contributed by atoms with Crippen LogP contribution in [0.4, 0.5) is 0 Å². The minimum Gasteiger partial charge on any atom is -0.263 e. The third kappa shape index (κ3) is 4.32. The summed E-state index contributed by atoms with van der Waals surface area (Å²) in [7, 11) is -3.62. The Morgan fingerprint density at radius 1 is 1.00 bits per heavy atom. The third-order valence-electron chi connectivity index (χ3n) is 4.02. The molecule has 0 aliphatic heterocycles. The summed E-state index contributed by atoms with van der Waals surface area (Å²) >= 11 is 0. The van der Waals surface area contributed by atoms with E-state index in [1.807, 2.05) is 6.92 Å². The molecular weight excluding hydrogens is 272 g/mol. The molecule has 0 unspecified atom stereocenters. The highest BCUT2D eigenvalue weighted by Gasteiger charge is 2.23. The first kappa shape index (κ1) is 15.5. The second-order valence-corrected chi connectivity index (χ2v) is 7.52. The normalized spacial score (nSPS) is 24.9. The molecule has 112 valence electrons. The molecular formula is C16H24O3S. The lowest BCUT2D eigenvalue weighted by Crippen LogP contribution is -2.20. The molecule has 0 atom stereocenters. The monoisotopic (exact) mass is 296 g/mol. The first-order valence-electron chi connectivity index (χ1n) is 7.47. The van der Waals surface area contributed by atoms with Crippen molar-refractivity contribution >= 4 is 10.1 Å². The minimum atomic E-state index is -3.62. The highest BCUT2D eigenvalue weighted by molar-refractivity contribution is 7.86. The van der Waals surface area contributed by atoms with Crippen molar-refractivity contribution in [3.05, 3.63) is 29.8 Å². The number of hydrogen-bond donors (Lipinski definition) is 0. The van der Waals surface area contributed by atoms with Gasteiger partial charge in [0, 0.05) is 0 Å². The van der Waals surface area contributed by atoms with Crippen LogP contribution in [0.2, 0.25) is 0 Å². The van der Waals surface area contributed by atoms with E-state index in [0.29, 0.717) is 0 Å². The van der Waals surface area contributed by atoms with Gasteiger partial charge in [0.15, 0.2) is 0 Å². The van der Waals surface area contributed by atoms with Gasteiger partial charge in [0.2, 0.25) is 0 Å². The molecule has 0 saturated heterocycles. The summed E-state index contributed by atoms with van der Waals surface area (Å²) in [4.78, 5) is 0.263. The fourth-order valence-electron chi connectivity index (χ4n) is 2.71. The summed E-state index contributed by atoms with van der Waals surface area (Å²) in [5.41, 5.74) is 1.05. The van der Waals surface area contributed by atoms with E-state index in [1.165, 1.54) is 12.8 Å². The molecule has 0 spiro atoms. The van der Waals surface area contributed by atoms with Gasteiger partial charge in [-0.3, -0.25) is 4.18 Å². The third-order valence-corrected chi connectivity index (χ3v) is 5.39. The van der Waals surface area contributed by atoms with Crippen LogP contribution >= 0.6 is 0 Å². The smallest absolute Gasteiger partial charge is 0.263 e. The standard InChI is InChI=1S/C16H24O3S/c1-13-5-3-7-15(8-4-6-13)19-20(17,18)16-11-9-14(2)10-12-16/h9-13,15H,3-8H2,1-2H3. The molecule has 0 heterocycles. The molecule has 1 saturated carbocycles. The Morgan fingerprint density at radius 2 is 1.55 bits per heavy atom. The molecule has 2 rings (SSSR count). The summed E-state index contributed by atoms with van der Waals surface area (Å²) in [6, 6.07) is 6.84. The van der Waals surface area contributed by atoms with E-state index >= 15 is 0 Å². The number of benzene rings is 1. The zero-order chi connectivity index (χ0) is 14.6. The van der Waals surface area contributed by atoms with Gasteiger partial charge >= 0.3 is 0 Å². The molecule has 3 nitrogen and oxygen atoms in total. The van der Waals surface area contributed by atoms with E-state index in [4.69, 9.17) is 4.18 Å². The molecule has 0 N–H and O–H groups in total. The van der Waals surface area contributed by atoms with Crippen molar-refractivity contribution in [3.63, 3.8) is 0 Å². The van der Waals surface area contributed by atoms with E-state index in [1.54, 1.807) is 24.3 Å². The fraction of sp³-hybridized carbons (Fsp3) is 0.625. The van der Waals surface area contributed by atoms with Crippen molar-refractivity contribution in [2.75, 3.05) is 0 Å². The number of rotatable bonds is 3. The molecule has 1 aliphatic rings. The van der Waals surface area contributed by atoms with Crippen LogP contribution in [-0.2, 0) is 14.3 Å². The fourth-order valence-corrected chi connectivity index (χ4v) is 3.84. The summed E-state index contributed by atoms with van der Waals surface area (Å²) in [5, 5.41) is 0. The van der Waals surface area contributed by atoms with Crippen molar-refractivity contribution in [2.45, 2.75) is 63.4 Å². The maximum atomic E-state index is 12.3. The molecule has 0 bridgehead atoms. The SMILES string of the molecule is Cc1ccc(S(=O)(=O)OC2CCCC(C)CCC2)cc1. The first-order valence-corrected chi connectivity index (χ1v) is 8.88. The average Bonchev–Trinajstić information content (AvgIpc) is 2.36. The second-order valence-electron chi connectivity index (χ2n) is 5.95. The quantitative estimate of drug-likeness (QED) is 0.790. The molecule has 1 fully saturated rings. The summed E-state index contributed by atoms with van der Waals surface area (Å²) in [5.74, 6) is 0.754. The highest BCUT2D eigenvalue weighted by Crippen LogP contribution is 2.26. The predicted octanol–water partition coefficient (Wildman–Crippen LogP) is 4.06. The maximum Gasteiger partial charge on any atom is 0.297 e. The van der Waals surface area contributed by atoms with Gasteiger partial charge < -0.3 is 0 Å². The van der Waals surface area contributed by atoms with Crippen molar-refractivity contribution in [2.24, 2.45) is 5.92 Å². The van der Waals surface area contributed by atoms with Crippen molar-refractivity contribution in [1.29, 1.82) is 0 Å². The predicted molar refractivity (Wildman–Crippen MR) is 80.1 cm³/mol. The Bertz CT molecular complexity index is 509. The lowest BCUT2D eigenvalue weighted by molar-refractivity contribution is 0.166. The van der Waals surface area contributed by atoms with Gasteiger partial charge in [-0.2, -0.15) is 8.42 Å². The molecule has 0 radical (unpaired) electrons. The van der Waals surface area contributed by atoms with E-state index in [9.17, 15) is 8.42 Å². The van der Waals surface area contributed by atoms with Gasteiger partial charge in [-0.15, -0.1) is 0 Å². The van der Waals surface area contributed by atoms with Crippen LogP contribution in [0.3, 0.4) is 0 Å². The van der Waals surface area contributed by atoms with Crippen LogP contribution in [0.25, 0.3) is 0 Å². The van der Waals surface area contributed by atoms with E-state index in [0.717, 1.165) is 37.2 Å². The highest BCUT2D eigenvalue weighted by atomic mass is 32.2. The Morgan fingerprint density at radius 3 is 2.10 bits per heavy atom. The summed E-state index contributed by atoms with van der Waals surface area (Å²) in [6.45, 7) is 4.21.